The van der Waals surface area contributed by atoms with Gasteiger partial charge in [-0.2, -0.15) is 20.0 Å². The predicted molar refractivity (Wildman–Crippen MR) is 105 cm³/mol. The zero-order valence-corrected chi connectivity index (χ0v) is 14.9. The minimum Gasteiger partial charge on any atom is -0.274 e. The third kappa shape index (κ3) is 3.25. The Hall–Kier alpha value is -3.32. The highest BCUT2D eigenvalue weighted by atomic mass is 32.1. The third-order valence-electron chi connectivity index (χ3n) is 3.90. The molecule has 0 amide bonds. The summed E-state index contributed by atoms with van der Waals surface area (Å²) in [5.74, 6) is 0.577. The summed E-state index contributed by atoms with van der Waals surface area (Å²) in [7, 11) is 0. The summed E-state index contributed by atoms with van der Waals surface area (Å²) in [6.07, 6.45) is 1.76. The lowest BCUT2D eigenvalue weighted by Crippen LogP contribution is -1.95. The van der Waals surface area contributed by atoms with E-state index in [2.05, 4.69) is 31.6 Å². The summed E-state index contributed by atoms with van der Waals surface area (Å²) in [5.41, 5.74) is 4.76. The molecule has 0 radical (unpaired) electrons. The molecule has 2 heterocycles. The van der Waals surface area contributed by atoms with Gasteiger partial charge in [0.15, 0.2) is 0 Å². The molecule has 0 spiro atoms. The molecule has 2 aromatic carbocycles. The van der Waals surface area contributed by atoms with Crippen LogP contribution in [0.2, 0.25) is 0 Å². The number of H-pyrrole nitrogens is 2. The van der Waals surface area contributed by atoms with E-state index in [1.54, 1.807) is 10.9 Å². The zero-order chi connectivity index (χ0) is 17.9. The first-order valence-corrected chi connectivity index (χ1v) is 8.51. The lowest BCUT2D eigenvalue weighted by atomic mass is 10.1. The molecule has 26 heavy (non-hydrogen) atoms. The molecular weight excluding hydrogens is 344 g/mol. The van der Waals surface area contributed by atoms with Gasteiger partial charge in [-0.05, 0) is 30.8 Å². The van der Waals surface area contributed by atoms with Gasteiger partial charge in [0.05, 0.1) is 11.9 Å². The first-order chi connectivity index (χ1) is 12.7. The molecule has 7 heteroatoms. The van der Waals surface area contributed by atoms with Gasteiger partial charge in [0.1, 0.15) is 5.69 Å². The van der Waals surface area contributed by atoms with Gasteiger partial charge < -0.3 is 0 Å². The second kappa shape index (κ2) is 6.89. The predicted octanol–water partition coefficient (Wildman–Crippen LogP) is 4.19. The van der Waals surface area contributed by atoms with Gasteiger partial charge in [0.25, 0.3) is 0 Å². The maximum Gasteiger partial charge on any atom is 0.216 e. The number of nitrogens with zero attached hydrogens (tertiary/aromatic N) is 4. The summed E-state index contributed by atoms with van der Waals surface area (Å²) >= 11 is 5.31. The molecule has 4 aromatic rings. The standard InChI is InChI=1S/C19H16N6S/c1-13-6-5-7-14(10-13)12-20-25-18(23-24-19(25)26)17-11-16(21-22-17)15-8-3-2-4-9-15/h2-12H,1H3,(H,21,22)(H,24,26)/b20-12-. The van der Waals surface area contributed by atoms with Gasteiger partial charge in [-0.15, -0.1) is 0 Å². The highest BCUT2D eigenvalue weighted by molar-refractivity contribution is 7.71. The van der Waals surface area contributed by atoms with Crippen LogP contribution in [0.1, 0.15) is 11.1 Å². The van der Waals surface area contributed by atoms with Crippen molar-refractivity contribution >= 4 is 18.4 Å². The van der Waals surface area contributed by atoms with Gasteiger partial charge >= 0.3 is 0 Å². The molecule has 0 aliphatic rings. The van der Waals surface area contributed by atoms with Crippen LogP contribution in [-0.2, 0) is 0 Å². The quantitative estimate of drug-likeness (QED) is 0.423. The van der Waals surface area contributed by atoms with Crippen LogP contribution in [0.5, 0.6) is 0 Å². The molecule has 128 valence electrons. The minimum atomic E-state index is 0.416. The van der Waals surface area contributed by atoms with Crippen molar-refractivity contribution in [2.24, 2.45) is 5.10 Å². The van der Waals surface area contributed by atoms with Crippen LogP contribution >= 0.6 is 12.2 Å². The van der Waals surface area contributed by atoms with Crippen LogP contribution in [-0.4, -0.2) is 31.3 Å². The monoisotopic (exact) mass is 360 g/mol. The fraction of sp³-hybridized carbons (Fsp3) is 0.0526. The van der Waals surface area contributed by atoms with E-state index in [9.17, 15) is 0 Å². The maximum absolute atomic E-state index is 5.31. The molecular formula is C19H16N6S. The van der Waals surface area contributed by atoms with Crippen molar-refractivity contribution in [3.8, 4) is 22.8 Å². The number of aryl methyl sites for hydroxylation is 1. The molecule has 6 nitrogen and oxygen atoms in total. The molecule has 0 aliphatic heterocycles. The first-order valence-electron chi connectivity index (χ1n) is 8.10. The van der Waals surface area contributed by atoms with E-state index in [1.165, 1.54) is 5.56 Å². The van der Waals surface area contributed by atoms with Crippen LogP contribution in [0.25, 0.3) is 22.8 Å². The van der Waals surface area contributed by atoms with Crippen molar-refractivity contribution in [1.82, 2.24) is 25.1 Å². The second-order valence-corrected chi connectivity index (χ2v) is 6.24. The smallest absolute Gasteiger partial charge is 0.216 e. The minimum absolute atomic E-state index is 0.416. The number of nitrogens with one attached hydrogen (secondary N) is 2. The van der Waals surface area contributed by atoms with Crippen molar-refractivity contribution in [3.63, 3.8) is 0 Å². The molecule has 4 rings (SSSR count). The fourth-order valence-electron chi connectivity index (χ4n) is 2.64. The van der Waals surface area contributed by atoms with Crippen molar-refractivity contribution in [2.45, 2.75) is 6.92 Å². The van der Waals surface area contributed by atoms with Crippen LogP contribution < -0.4 is 0 Å². The molecule has 2 N–H and O–H groups in total. The van der Waals surface area contributed by atoms with E-state index in [1.807, 2.05) is 61.5 Å². The maximum atomic E-state index is 5.31. The van der Waals surface area contributed by atoms with E-state index in [0.29, 0.717) is 10.6 Å². The Morgan fingerprint density at radius 1 is 1.00 bits per heavy atom. The van der Waals surface area contributed by atoms with Gasteiger partial charge in [-0.25, -0.2) is 5.10 Å². The van der Waals surface area contributed by atoms with E-state index in [0.717, 1.165) is 22.5 Å². The van der Waals surface area contributed by atoms with Gasteiger partial charge in [-0.1, -0.05) is 60.2 Å². The van der Waals surface area contributed by atoms with Gasteiger partial charge in [-0.3, -0.25) is 5.10 Å². The van der Waals surface area contributed by atoms with E-state index in [4.69, 9.17) is 12.2 Å². The Balaban J connectivity index is 1.69. The molecule has 0 atom stereocenters. The SMILES string of the molecule is Cc1cccc(/C=N\n2c(-c3cc(-c4ccccc4)n[nH]3)n[nH]c2=S)c1. The summed E-state index contributed by atoms with van der Waals surface area (Å²) in [4.78, 5) is 0. The highest BCUT2D eigenvalue weighted by Gasteiger charge is 2.12. The Morgan fingerprint density at radius 3 is 2.65 bits per heavy atom. The number of rotatable bonds is 4. The Kier molecular flexibility index (Phi) is 4.28. The molecule has 0 unspecified atom stereocenters. The number of hydrogen-bond acceptors (Lipinski definition) is 4. The Morgan fingerprint density at radius 2 is 1.85 bits per heavy atom. The molecule has 0 saturated heterocycles. The van der Waals surface area contributed by atoms with Crippen LogP contribution in [0.3, 0.4) is 0 Å². The largest absolute Gasteiger partial charge is 0.274 e. The summed E-state index contributed by atoms with van der Waals surface area (Å²) in [6.45, 7) is 2.04. The third-order valence-corrected chi connectivity index (χ3v) is 4.17. The van der Waals surface area contributed by atoms with Crippen LogP contribution in [0.4, 0.5) is 0 Å². The first kappa shape index (κ1) is 16.2. The molecule has 2 aromatic heterocycles. The summed E-state index contributed by atoms with van der Waals surface area (Å²) in [6, 6.07) is 20.0. The van der Waals surface area contributed by atoms with Crippen LogP contribution in [0, 0.1) is 11.7 Å². The molecule has 0 bridgehead atoms. The number of aromatic amines is 2. The summed E-state index contributed by atoms with van der Waals surface area (Å²) < 4.78 is 2.00. The zero-order valence-electron chi connectivity index (χ0n) is 14.0. The van der Waals surface area contributed by atoms with Gasteiger partial charge in [0.2, 0.25) is 10.6 Å². The van der Waals surface area contributed by atoms with E-state index in [-0.39, 0.29) is 0 Å². The number of aromatic nitrogens is 5. The fourth-order valence-corrected chi connectivity index (χ4v) is 2.82. The Bertz CT molecular complexity index is 1120. The summed E-state index contributed by atoms with van der Waals surface area (Å²) in [5, 5.41) is 18.9. The van der Waals surface area contributed by atoms with E-state index >= 15 is 0 Å². The molecule has 0 aliphatic carbocycles. The second-order valence-electron chi connectivity index (χ2n) is 5.86. The molecule has 0 fully saturated rings. The topological polar surface area (TPSA) is 74.7 Å². The average Bonchev–Trinajstić information content (AvgIpc) is 3.28. The van der Waals surface area contributed by atoms with Gasteiger partial charge in [0, 0.05) is 5.56 Å². The highest BCUT2D eigenvalue weighted by Crippen LogP contribution is 2.22. The lowest BCUT2D eigenvalue weighted by molar-refractivity contribution is 0.865. The average molecular weight is 360 g/mol. The Labute approximate surface area is 155 Å². The van der Waals surface area contributed by atoms with Crippen molar-refractivity contribution in [3.05, 3.63) is 76.6 Å². The van der Waals surface area contributed by atoms with Crippen molar-refractivity contribution < 1.29 is 0 Å². The van der Waals surface area contributed by atoms with Crippen molar-refractivity contribution in [2.75, 3.05) is 0 Å². The number of benzene rings is 2. The van der Waals surface area contributed by atoms with Crippen LogP contribution in [0.15, 0.2) is 65.8 Å². The van der Waals surface area contributed by atoms with Crippen molar-refractivity contribution in [1.29, 1.82) is 0 Å². The normalized spacial score (nSPS) is 11.3. The number of hydrogen-bond donors (Lipinski definition) is 2. The lowest BCUT2D eigenvalue weighted by Gasteiger charge is -1.98. The molecule has 0 saturated carbocycles. The van der Waals surface area contributed by atoms with E-state index < -0.39 is 0 Å².